The van der Waals surface area contributed by atoms with Gasteiger partial charge >= 0.3 is 0 Å². The molecule has 8 nitrogen and oxygen atoms in total. The van der Waals surface area contributed by atoms with E-state index < -0.39 is 5.79 Å². The van der Waals surface area contributed by atoms with Crippen molar-refractivity contribution in [2.75, 3.05) is 13.2 Å². The standard InChI is InChI=1S/C24H23Cl2N5O3/c1-2-30-15-27-10-23(30)17-3-6-19(7-4-17)32-11-20-12-33-24(34-20,13-31-16-28-14-29-31)21-8-5-18(25)9-22(21)26/h3-10,14-16,20H,2,11-13H2,1H3/t20-,24-/m1/s1. The molecule has 0 unspecified atom stereocenters. The summed E-state index contributed by atoms with van der Waals surface area (Å²) >= 11 is 12.6. The zero-order chi connectivity index (χ0) is 23.5. The molecule has 1 aliphatic heterocycles. The minimum absolute atomic E-state index is 0.282. The number of nitrogens with zero attached hydrogens (tertiary/aromatic N) is 5. The average Bonchev–Trinajstić information content (AvgIpc) is 3.60. The highest BCUT2D eigenvalue weighted by molar-refractivity contribution is 6.35. The van der Waals surface area contributed by atoms with Gasteiger partial charge in [-0.05, 0) is 43.3 Å². The van der Waals surface area contributed by atoms with Gasteiger partial charge in [0.1, 0.15) is 37.7 Å². The van der Waals surface area contributed by atoms with E-state index in [2.05, 4.69) is 26.6 Å². The van der Waals surface area contributed by atoms with E-state index in [0.29, 0.717) is 28.8 Å². The highest BCUT2D eigenvalue weighted by Crippen LogP contribution is 2.40. The first-order chi connectivity index (χ1) is 16.6. The lowest BCUT2D eigenvalue weighted by Crippen LogP contribution is -2.35. The fourth-order valence-electron chi connectivity index (χ4n) is 4.01. The summed E-state index contributed by atoms with van der Waals surface area (Å²) in [6, 6.07) is 13.2. The van der Waals surface area contributed by atoms with Crippen LogP contribution in [0.5, 0.6) is 5.75 Å². The first-order valence-electron chi connectivity index (χ1n) is 10.9. The SMILES string of the molecule is CCn1cncc1-c1ccc(OC[C@@H]2CO[C@@](Cn3cncn3)(c3ccc(Cl)cc3Cl)O2)cc1. The largest absolute Gasteiger partial charge is 0.491 e. The second kappa shape index (κ2) is 9.76. The zero-order valence-electron chi connectivity index (χ0n) is 18.5. The second-order valence-corrected chi connectivity index (χ2v) is 8.76. The summed E-state index contributed by atoms with van der Waals surface area (Å²) in [7, 11) is 0. The zero-order valence-corrected chi connectivity index (χ0v) is 20.0. The van der Waals surface area contributed by atoms with Gasteiger partial charge in [0.2, 0.25) is 5.79 Å². The molecule has 2 aromatic carbocycles. The Kier molecular flexibility index (Phi) is 6.56. The number of rotatable bonds is 8. The van der Waals surface area contributed by atoms with Gasteiger partial charge in [0.25, 0.3) is 0 Å². The van der Waals surface area contributed by atoms with Crippen LogP contribution in [0.25, 0.3) is 11.3 Å². The van der Waals surface area contributed by atoms with Crippen LogP contribution in [0.1, 0.15) is 12.5 Å². The van der Waals surface area contributed by atoms with Gasteiger partial charge in [0, 0.05) is 22.7 Å². The quantitative estimate of drug-likeness (QED) is 0.346. The molecule has 10 heteroatoms. The molecule has 1 aliphatic rings. The summed E-state index contributed by atoms with van der Waals surface area (Å²) in [4.78, 5) is 8.24. The third-order valence-electron chi connectivity index (χ3n) is 5.68. The van der Waals surface area contributed by atoms with Crippen LogP contribution in [-0.2, 0) is 28.4 Å². The number of imidazole rings is 1. The minimum atomic E-state index is -1.13. The van der Waals surface area contributed by atoms with Crippen LogP contribution in [-0.4, -0.2) is 43.6 Å². The Hall–Kier alpha value is -2.91. The lowest BCUT2D eigenvalue weighted by Gasteiger charge is -2.29. The van der Waals surface area contributed by atoms with Crippen LogP contribution in [0.3, 0.4) is 0 Å². The van der Waals surface area contributed by atoms with Crippen LogP contribution >= 0.6 is 23.2 Å². The van der Waals surface area contributed by atoms with Crippen molar-refractivity contribution in [3.8, 4) is 17.0 Å². The Morgan fingerprint density at radius 2 is 1.97 bits per heavy atom. The number of hydrogen-bond acceptors (Lipinski definition) is 6. The lowest BCUT2D eigenvalue weighted by molar-refractivity contribution is -0.190. The van der Waals surface area contributed by atoms with Crippen molar-refractivity contribution in [2.24, 2.45) is 0 Å². The fourth-order valence-corrected chi connectivity index (χ4v) is 4.56. The van der Waals surface area contributed by atoms with Gasteiger partial charge in [0.15, 0.2) is 0 Å². The molecular weight excluding hydrogens is 477 g/mol. The Morgan fingerprint density at radius 1 is 1.12 bits per heavy atom. The number of hydrogen-bond donors (Lipinski definition) is 0. The molecule has 4 aromatic rings. The van der Waals surface area contributed by atoms with E-state index in [1.807, 2.05) is 42.9 Å². The van der Waals surface area contributed by atoms with Crippen molar-refractivity contribution in [1.82, 2.24) is 24.3 Å². The normalized spacial score (nSPS) is 20.0. The molecule has 0 aliphatic carbocycles. The second-order valence-electron chi connectivity index (χ2n) is 7.92. The minimum Gasteiger partial charge on any atom is -0.491 e. The summed E-state index contributed by atoms with van der Waals surface area (Å²) in [6.45, 7) is 3.88. The van der Waals surface area contributed by atoms with Gasteiger partial charge in [0.05, 0.1) is 29.8 Å². The van der Waals surface area contributed by atoms with Gasteiger partial charge in [-0.2, -0.15) is 5.10 Å². The van der Waals surface area contributed by atoms with Crippen LogP contribution in [0, 0.1) is 0 Å². The molecule has 0 amide bonds. The molecule has 0 bridgehead atoms. The van der Waals surface area contributed by atoms with Crippen molar-refractivity contribution in [2.45, 2.75) is 31.9 Å². The topological polar surface area (TPSA) is 76.2 Å². The number of halogens is 2. The van der Waals surface area contributed by atoms with Crippen LogP contribution in [0.4, 0.5) is 0 Å². The van der Waals surface area contributed by atoms with E-state index in [4.69, 9.17) is 37.4 Å². The summed E-state index contributed by atoms with van der Waals surface area (Å²) < 4.78 is 22.3. The Balaban J connectivity index is 1.29. The smallest absolute Gasteiger partial charge is 0.217 e. The Morgan fingerprint density at radius 3 is 2.71 bits per heavy atom. The maximum atomic E-state index is 6.51. The molecule has 1 fully saturated rings. The molecule has 0 saturated carbocycles. The molecule has 0 N–H and O–H groups in total. The van der Waals surface area contributed by atoms with E-state index in [0.717, 1.165) is 23.6 Å². The van der Waals surface area contributed by atoms with E-state index in [1.54, 1.807) is 23.1 Å². The number of ether oxygens (including phenoxy) is 3. The molecule has 3 heterocycles. The molecule has 0 spiro atoms. The molecule has 0 radical (unpaired) electrons. The highest BCUT2D eigenvalue weighted by Gasteiger charge is 2.45. The van der Waals surface area contributed by atoms with Crippen LogP contribution < -0.4 is 4.74 Å². The monoisotopic (exact) mass is 499 g/mol. The van der Waals surface area contributed by atoms with Gasteiger partial charge in [-0.15, -0.1) is 0 Å². The summed E-state index contributed by atoms with van der Waals surface area (Å²) in [5, 5.41) is 5.19. The predicted molar refractivity (Wildman–Crippen MR) is 128 cm³/mol. The number of benzene rings is 2. The average molecular weight is 500 g/mol. The first-order valence-corrected chi connectivity index (χ1v) is 11.6. The van der Waals surface area contributed by atoms with Gasteiger partial charge in [-0.1, -0.05) is 29.3 Å². The molecule has 34 heavy (non-hydrogen) atoms. The van der Waals surface area contributed by atoms with Gasteiger partial charge < -0.3 is 18.8 Å². The van der Waals surface area contributed by atoms with E-state index in [1.165, 1.54) is 6.33 Å². The summed E-state index contributed by atoms with van der Waals surface area (Å²) in [5.74, 6) is -0.389. The predicted octanol–water partition coefficient (Wildman–Crippen LogP) is 4.82. The summed E-state index contributed by atoms with van der Waals surface area (Å²) in [5.41, 5.74) is 2.82. The van der Waals surface area contributed by atoms with E-state index >= 15 is 0 Å². The third-order valence-corrected chi connectivity index (χ3v) is 6.22. The van der Waals surface area contributed by atoms with Crippen molar-refractivity contribution in [1.29, 1.82) is 0 Å². The van der Waals surface area contributed by atoms with Gasteiger partial charge in [-0.3, -0.25) is 0 Å². The van der Waals surface area contributed by atoms with Gasteiger partial charge in [-0.25, -0.2) is 14.6 Å². The van der Waals surface area contributed by atoms with Crippen molar-refractivity contribution in [3.05, 3.63) is 83.3 Å². The molecule has 2 atom stereocenters. The van der Waals surface area contributed by atoms with E-state index in [9.17, 15) is 0 Å². The fraction of sp³-hybridized carbons (Fsp3) is 0.292. The Bertz CT molecular complexity index is 1250. The first kappa shape index (κ1) is 22.9. The third kappa shape index (κ3) is 4.67. The molecule has 5 rings (SSSR count). The van der Waals surface area contributed by atoms with Crippen molar-refractivity contribution >= 4 is 23.2 Å². The van der Waals surface area contributed by atoms with Crippen LogP contribution in [0.2, 0.25) is 10.0 Å². The van der Waals surface area contributed by atoms with Crippen molar-refractivity contribution in [3.63, 3.8) is 0 Å². The summed E-state index contributed by atoms with van der Waals surface area (Å²) in [6.07, 6.45) is 6.45. The maximum absolute atomic E-state index is 6.51. The molecule has 2 aromatic heterocycles. The van der Waals surface area contributed by atoms with Crippen molar-refractivity contribution < 1.29 is 14.2 Å². The number of aromatic nitrogens is 5. The molecule has 176 valence electrons. The maximum Gasteiger partial charge on any atom is 0.217 e. The Labute approximate surface area is 207 Å². The molecular formula is C24H23Cl2N5O3. The highest BCUT2D eigenvalue weighted by atomic mass is 35.5. The number of aryl methyl sites for hydroxylation is 1. The lowest BCUT2D eigenvalue weighted by atomic mass is 10.1. The molecule has 1 saturated heterocycles. The van der Waals surface area contributed by atoms with Crippen LogP contribution in [0.15, 0.2) is 67.6 Å². The van der Waals surface area contributed by atoms with E-state index in [-0.39, 0.29) is 12.6 Å².